The van der Waals surface area contributed by atoms with Crippen molar-refractivity contribution < 1.29 is 4.79 Å². The zero-order chi connectivity index (χ0) is 9.47. The van der Waals surface area contributed by atoms with Crippen molar-refractivity contribution in [2.24, 2.45) is 5.41 Å². The van der Waals surface area contributed by atoms with Crippen molar-refractivity contribution >= 4 is 6.03 Å². The Kier molecular flexibility index (Phi) is 1.97. The predicted molar refractivity (Wildman–Crippen MR) is 51.5 cm³/mol. The molecule has 2 rings (SSSR count). The van der Waals surface area contributed by atoms with Crippen molar-refractivity contribution in [2.45, 2.75) is 39.2 Å². The number of nitrogens with zero attached hydrogens (tertiary/aromatic N) is 1. The zero-order valence-electron chi connectivity index (χ0n) is 8.47. The van der Waals surface area contributed by atoms with Crippen LogP contribution in [-0.2, 0) is 0 Å². The molecule has 1 saturated heterocycles. The topological polar surface area (TPSA) is 32.3 Å². The van der Waals surface area contributed by atoms with E-state index in [0.29, 0.717) is 11.5 Å². The Morgan fingerprint density at radius 3 is 2.62 bits per heavy atom. The van der Waals surface area contributed by atoms with E-state index in [9.17, 15) is 4.79 Å². The van der Waals surface area contributed by atoms with Crippen molar-refractivity contribution in [1.82, 2.24) is 10.2 Å². The summed E-state index contributed by atoms with van der Waals surface area (Å²) in [5, 5.41) is 2.99. The number of carbonyl (C=O) groups excluding carboxylic acids is 1. The molecule has 0 aromatic heterocycles. The molecular weight excluding hydrogens is 164 g/mol. The molecule has 1 spiro atoms. The maximum absolute atomic E-state index is 11.5. The third kappa shape index (κ3) is 1.40. The van der Waals surface area contributed by atoms with Crippen LogP contribution in [0, 0.1) is 5.41 Å². The number of hydrogen-bond donors (Lipinski definition) is 1. The highest BCUT2D eigenvalue weighted by Crippen LogP contribution is 2.42. The standard InChI is InChI=1S/C10H18N2O/c1-8(2)12-7-10(4-3-5-10)6-11-9(12)13/h8H,3-7H2,1-2H3,(H,11,13). The lowest BCUT2D eigenvalue weighted by Gasteiger charge is -2.49. The van der Waals surface area contributed by atoms with Gasteiger partial charge in [-0.2, -0.15) is 0 Å². The van der Waals surface area contributed by atoms with Crippen LogP contribution >= 0.6 is 0 Å². The second kappa shape index (κ2) is 2.89. The second-order valence-electron chi connectivity index (χ2n) is 4.73. The van der Waals surface area contributed by atoms with E-state index in [2.05, 4.69) is 19.2 Å². The van der Waals surface area contributed by atoms with Gasteiger partial charge in [0, 0.05) is 24.5 Å². The molecule has 2 amide bonds. The van der Waals surface area contributed by atoms with Crippen LogP contribution in [0.4, 0.5) is 4.79 Å². The van der Waals surface area contributed by atoms with Crippen molar-refractivity contribution in [1.29, 1.82) is 0 Å². The summed E-state index contributed by atoms with van der Waals surface area (Å²) in [6.45, 7) is 6.03. The van der Waals surface area contributed by atoms with Gasteiger partial charge in [0.25, 0.3) is 0 Å². The first-order valence-corrected chi connectivity index (χ1v) is 5.17. The molecule has 0 unspecified atom stereocenters. The monoisotopic (exact) mass is 182 g/mol. The van der Waals surface area contributed by atoms with Crippen LogP contribution in [-0.4, -0.2) is 30.1 Å². The fourth-order valence-electron chi connectivity index (χ4n) is 2.28. The molecule has 2 fully saturated rings. The fourth-order valence-corrected chi connectivity index (χ4v) is 2.28. The second-order valence-corrected chi connectivity index (χ2v) is 4.73. The van der Waals surface area contributed by atoms with E-state index in [1.54, 1.807) is 0 Å². The lowest BCUT2D eigenvalue weighted by molar-refractivity contribution is 0.0435. The lowest BCUT2D eigenvalue weighted by Crippen LogP contribution is -2.60. The molecule has 0 aromatic rings. The summed E-state index contributed by atoms with van der Waals surface area (Å²) in [4.78, 5) is 13.4. The van der Waals surface area contributed by atoms with Crippen LogP contribution in [0.15, 0.2) is 0 Å². The Bertz CT molecular complexity index is 221. The molecule has 3 heteroatoms. The van der Waals surface area contributed by atoms with Gasteiger partial charge in [0.05, 0.1) is 0 Å². The van der Waals surface area contributed by atoms with Crippen molar-refractivity contribution in [3.8, 4) is 0 Å². The van der Waals surface area contributed by atoms with Gasteiger partial charge < -0.3 is 10.2 Å². The molecule has 1 aliphatic heterocycles. The van der Waals surface area contributed by atoms with Gasteiger partial charge >= 0.3 is 6.03 Å². The third-order valence-corrected chi connectivity index (χ3v) is 3.42. The fraction of sp³-hybridized carbons (Fsp3) is 0.900. The molecule has 3 nitrogen and oxygen atoms in total. The SMILES string of the molecule is CC(C)N1CC2(CCC2)CNC1=O. The van der Waals surface area contributed by atoms with Gasteiger partial charge in [-0.05, 0) is 26.7 Å². The summed E-state index contributed by atoms with van der Waals surface area (Å²) < 4.78 is 0. The largest absolute Gasteiger partial charge is 0.337 e. The molecule has 0 aromatic carbocycles. The van der Waals surface area contributed by atoms with E-state index in [1.165, 1.54) is 19.3 Å². The Hall–Kier alpha value is -0.730. The lowest BCUT2D eigenvalue weighted by atomic mass is 9.67. The molecule has 1 N–H and O–H groups in total. The molecule has 0 atom stereocenters. The molecule has 2 aliphatic rings. The number of rotatable bonds is 1. The Labute approximate surface area is 79.5 Å². The highest BCUT2D eigenvalue weighted by Gasteiger charge is 2.43. The van der Waals surface area contributed by atoms with E-state index in [1.807, 2.05) is 4.90 Å². The Morgan fingerprint density at radius 1 is 1.46 bits per heavy atom. The average molecular weight is 182 g/mol. The van der Waals surface area contributed by atoms with Gasteiger partial charge in [-0.1, -0.05) is 6.42 Å². The van der Waals surface area contributed by atoms with Gasteiger partial charge in [0.1, 0.15) is 0 Å². The molecule has 0 bridgehead atoms. The van der Waals surface area contributed by atoms with Gasteiger partial charge in [-0.15, -0.1) is 0 Å². The minimum atomic E-state index is 0.118. The van der Waals surface area contributed by atoms with Gasteiger partial charge in [0.15, 0.2) is 0 Å². The van der Waals surface area contributed by atoms with Crippen LogP contribution in [0.1, 0.15) is 33.1 Å². The molecule has 0 radical (unpaired) electrons. The molecule has 13 heavy (non-hydrogen) atoms. The summed E-state index contributed by atoms with van der Waals surface area (Å²) in [5.41, 5.74) is 0.429. The average Bonchev–Trinajstić information content (AvgIpc) is 2.02. The van der Waals surface area contributed by atoms with E-state index < -0.39 is 0 Å². The summed E-state index contributed by atoms with van der Waals surface area (Å²) in [6.07, 6.45) is 3.91. The summed E-state index contributed by atoms with van der Waals surface area (Å²) in [5.74, 6) is 0. The van der Waals surface area contributed by atoms with Crippen LogP contribution in [0.3, 0.4) is 0 Å². The third-order valence-electron chi connectivity index (χ3n) is 3.42. The van der Waals surface area contributed by atoms with E-state index in [-0.39, 0.29) is 6.03 Å². The first-order chi connectivity index (χ1) is 6.13. The van der Waals surface area contributed by atoms with Crippen molar-refractivity contribution in [2.75, 3.05) is 13.1 Å². The van der Waals surface area contributed by atoms with Crippen LogP contribution < -0.4 is 5.32 Å². The van der Waals surface area contributed by atoms with E-state index in [4.69, 9.17) is 0 Å². The molecule has 1 aliphatic carbocycles. The molecule has 1 saturated carbocycles. The number of nitrogens with one attached hydrogen (secondary N) is 1. The van der Waals surface area contributed by atoms with Crippen molar-refractivity contribution in [3.63, 3.8) is 0 Å². The highest BCUT2D eigenvalue weighted by molar-refractivity contribution is 5.75. The van der Waals surface area contributed by atoms with Crippen LogP contribution in [0.2, 0.25) is 0 Å². The summed E-state index contributed by atoms with van der Waals surface area (Å²) in [6, 6.07) is 0.449. The van der Waals surface area contributed by atoms with E-state index >= 15 is 0 Å². The number of amides is 2. The first-order valence-electron chi connectivity index (χ1n) is 5.17. The van der Waals surface area contributed by atoms with Crippen LogP contribution in [0.5, 0.6) is 0 Å². The molecule has 74 valence electrons. The maximum Gasteiger partial charge on any atom is 0.317 e. The normalized spacial score (nSPS) is 26.1. The minimum absolute atomic E-state index is 0.118. The maximum atomic E-state index is 11.5. The first kappa shape index (κ1) is 8.85. The molecular formula is C10H18N2O. The van der Waals surface area contributed by atoms with Crippen molar-refractivity contribution in [3.05, 3.63) is 0 Å². The summed E-state index contributed by atoms with van der Waals surface area (Å²) >= 11 is 0. The van der Waals surface area contributed by atoms with E-state index in [0.717, 1.165) is 13.1 Å². The van der Waals surface area contributed by atoms with Gasteiger partial charge in [-0.25, -0.2) is 4.79 Å². The smallest absolute Gasteiger partial charge is 0.317 e. The predicted octanol–water partition coefficient (Wildman–Crippen LogP) is 1.59. The quantitative estimate of drug-likeness (QED) is 0.656. The zero-order valence-corrected chi connectivity index (χ0v) is 8.47. The number of carbonyl (C=O) groups is 1. The van der Waals surface area contributed by atoms with Crippen LogP contribution in [0.25, 0.3) is 0 Å². The minimum Gasteiger partial charge on any atom is -0.337 e. The number of urea groups is 1. The molecule has 1 heterocycles. The Morgan fingerprint density at radius 2 is 2.15 bits per heavy atom. The summed E-state index contributed by atoms with van der Waals surface area (Å²) in [7, 11) is 0. The Balaban J connectivity index is 2.05. The van der Waals surface area contributed by atoms with Gasteiger partial charge in [-0.3, -0.25) is 0 Å². The highest BCUT2D eigenvalue weighted by atomic mass is 16.2. The number of hydrogen-bond acceptors (Lipinski definition) is 1. The van der Waals surface area contributed by atoms with Gasteiger partial charge in [0.2, 0.25) is 0 Å².